The van der Waals surface area contributed by atoms with Crippen molar-refractivity contribution in [1.82, 2.24) is 10.2 Å². The number of aryl methyl sites for hydroxylation is 1. The van der Waals surface area contributed by atoms with Crippen molar-refractivity contribution >= 4 is 11.6 Å². The lowest BCUT2D eigenvalue weighted by Gasteiger charge is -2.04. The molecule has 16 heavy (non-hydrogen) atoms. The Morgan fingerprint density at radius 3 is 2.94 bits per heavy atom. The second-order valence-electron chi connectivity index (χ2n) is 3.42. The Labute approximate surface area is 91.5 Å². The number of rotatable bonds is 2. The molecule has 2 rings (SSSR count). The maximum absolute atomic E-state index is 13.4. The summed E-state index contributed by atoms with van der Waals surface area (Å²) in [5.74, 6) is -1.01. The summed E-state index contributed by atoms with van der Waals surface area (Å²) in [5, 5.41) is 8.75. The zero-order valence-corrected chi connectivity index (χ0v) is 8.62. The number of aromatic nitrogens is 2. The number of hydrogen-bond donors (Lipinski definition) is 2. The van der Waals surface area contributed by atoms with E-state index in [1.165, 1.54) is 24.5 Å². The fourth-order valence-electron chi connectivity index (χ4n) is 1.32. The van der Waals surface area contributed by atoms with Crippen LogP contribution in [-0.2, 0) is 0 Å². The quantitative estimate of drug-likeness (QED) is 0.812. The molecular formula is C11H10FN3O. The molecule has 2 N–H and O–H groups in total. The summed E-state index contributed by atoms with van der Waals surface area (Å²) < 4.78 is 13.4. The van der Waals surface area contributed by atoms with E-state index in [4.69, 9.17) is 0 Å². The van der Waals surface area contributed by atoms with E-state index in [0.717, 1.165) is 5.56 Å². The first-order valence-corrected chi connectivity index (χ1v) is 4.73. The van der Waals surface area contributed by atoms with Crippen LogP contribution >= 0.6 is 0 Å². The van der Waals surface area contributed by atoms with Gasteiger partial charge in [0.15, 0.2) is 0 Å². The summed E-state index contributed by atoms with van der Waals surface area (Å²) in [6, 6.07) is 4.47. The van der Waals surface area contributed by atoms with Crippen LogP contribution in [-0.4, -0.2) is 16.1 Å². The molecule has 4 nitrogen and oxygen atoms in total. The van der Waals surface area contributed by atoms with Crippen LogP contribution in [0.15, 0.2) is 30.6 Å². The minimum Gasteiger partial charge on any atom is -0.319 e. The normalized spacial score (nSPS) is 10.1. The fraction of sp³-hybridized carbons (Fsp3) is 0.0909. The Morgan fingerprint density at radius 2 is 2.31 bits per heavy atom. The van der Waals surface area contributed by atoms with Gasteiger partial charge in [0.25, 0.3) is 5.91 Å². The Balaban J connectivity index is 2.21. The van der Waals surface area contributed by atoms with E-state index in [9.17, 15) is 9.18 Å². The summed E-state index contributed by atoms with van der Waals surface area (Å²) >= 11 is 0. The van der Waals surface area contributed by atoms with Crippen LogP contribution in [0.1, 0.15) is 15.9 Å². The van der Waals surface area contributed by atoms with Crippen LogP contribution in [0.5, 0.6) is 0 Å². The average molecular weight is 219 g/mol. The fourth-order valence-corrected chi connectivity index (χ4v) is 1.32. The Morgan fingerprint density at radius 1 is 1.50 bits per heavy atom. The van der Waals surface area contributed by atoms with Gasteiger partial charge in [-0.1, -0.05) is 6.07 Å². The zero-order valence-electron chi connectivity index (χ0n) is 8.62. The SMILES string of the molecule is Cc1ccc(C(=O)Nc2cn[nH]c2)c(F)c1. The van der Waals surface area contributed by atoms with Gasteiger partial charge in [-0.05, 0) is 24.6 Å². The van der Waals surface area contributed by atoms with Crippen molar-refractivity contribution in [2.45, 2.75) is 6.92 Å². The largest absolute Gasteiger partial charge is 0.319 e. The Bertz CT molecular complexity index is 508. The van der Waals surface area contributed by atoms with E-state index in [2.05, 4.69) is 15.5 Å². The van der Waals surface area contributed by atoms with Crippen LogP contribution in [0.4, 0.5) is 10.1 Å². The number of anilines is 1. The van der Waals surface area contributed by atoms with Crippen LogP contribution in [0, 0.1) is 12.7 Å². The first kappa shape index (κ1) is 10.4. The van der Waals surface area contributed by atoms with Gasteiger partial charge in [-0.3, -0.25) is 9.89 Å². The number of halogens is 1. The first-order valence-electron chi connectivity index (χ1n) is 4.73. The number of hydrogen-bond acceptors (Lipinski definition) is 2. The van der Waals surface area contributed by atoms with Crippen molar-refractivity contribution in [1.29, 1.82) is 0 Å². The van der Waals surface area contributed by atoms with E-state index in [1.807, 2.05) is 0 Å². The highest BCUT2D eigenvalue weighted by atomic mass is 19.1. The summed E-state index contributed by atoms with van der Waals surface area (Å²) in [6.45, 7) is 1.76. The third-order valence-electron chi connectivity index (χ3n) is 2.13. The van der Waals surface area contributed by atoms with Gasteiger partial charge in [-0.15, -0.1) is 0 Å². The predicted molar refractivity (Wildman–Crippen MR) is 57.7 cm³/mol. The third kappa shape index (κ3) is 2.08. The Kier molecular flexibility index (Phi) is 2.68. The molecule has 2 aromatic rings. The monoisotopic (exact) mass is 219 g/mol. The number of nitrogens with zero attached hydrogens (tertiary/aromatic N) is 1. The Hall–Kier alpha value is -2.17. The molecule has 1 heterocycles. The van der Waals surface area contributed by atoms with E-state index < -0.39 is 11.7 Å². The zero-order chi connectivity index (χ0) is 11.5. The van der Waals surface area contributed by atoms with E-state index in [0.29, 0.717) is 5.69 Å². The van der Waals surface area contributed by atoms with Crippen LogP contribution in [0.25, 0.3) is 0 Å². The molecule has 5 heteroatoms. The molecule has 1 aromatic carbocycles. The molecule has 0 aliphatic carbocycles. The van der Waals surface area contributed by atoms with Crippen molar-refractivity contribution in [3.63, 3.8) is 0 Å². The number of carbonyl (C=O) groups excluding carboxylic acids is 1. The average Bonchev–Trinajstić information content (AvgIpc) is 2.70. The molecule has 0 saturated carbocycles. The van der Waals surface area contributed by atoms with Gasteiger partial charge in [0, 0.05) is 6.20 Å². The van der Waals surface area contributed by atoms with Crippen LogP contribution in [0.3, 0.4) is 0 Å². The van der Waals surface area contributed by atoms with E-state index >= 15 is 0 Å². The number of nitrogens with one attached hydrogen (secondary N) is 2. The van der Waals surface area contributed by atoms with E-state index in [1.54, 1.807) is 13.0 Å². The molecule has 1 amide bonds. The maximum atomic E-state index is 13.4. The lowest BCUT2D eigenvalue weighted by molar-refractivity contribution is 0.102. The van der Waals surface area contributed by atoms with Gasteiger partial charge >= 0.3 is 0 Å². The molecule has 0 spiro atoms. The van der Waals surface area contributed by atoms with Gasteiger partial charge in [-0.2, -0.15) is 5.10 Å². The molecular weight excluding hydrogens is 209 g/mol. The summed E-state index contributed by atoms with van der Waals surface area (Å²) in [7, 11) is 0. The number of H-pyrrole nitrogens is 1. The van der Waals surface area contributed by atoms with Crippen LogP contribution < -0.4 is 5.32 Å². The smallest absolute Gasteiger partial charge is 0.258 e. The first-order chi connectivity index (χ1) is 7.66. The molecule has 0 saturated heterocycles. The predicted octanol–water partition coefficient (Wildman–Crippen LogP) is 2.11. The van der Waals surface area contributed by atoms with Gasteiger partial charge in [0.1, 0.15) is 5.82 Å². The number of benzene rings is 1. The minimum atomic E-state index is -0.527. The second-order valence-corrected chi connectivity index (χ2v) is 3.42. The summed E-state index contributed by atoms with van der Waals surface area (Å²) in [5.41, 5.74) is 1.30. The van der Waals surface area contributed by atoms with Gasteiger partial charge < -0.3 is 5.32 Å². The highest BCUT2D eigenvalue weighted by Crippen LogP contribution is 2.12. The highest BCUT2D eigenvalue weighted by molar-refractivity contribution is 6.04. The van der Waals surface area contributed by atoms with Crippen molar-refractivity contribution in [3.05, 3.63) is 47.5 Å². The van der Waals surface area contributed by atoms with Crippen molar-refractivity contribution < 1.29 is 9.18 Å². The standard InChI is InChI=1S/C11H10FN3O/c1-7-2-3-9(10(12)4-7)11(16)15-8-5-13-14-6-8/h2-6H,1H3,(H,13,14)(H,15,16). The minimum absolute atomic E-state index is 0.0202. The molecule has 0 atom stereocenters. The molecule has 0 aliphatic heterocycles. The van der Waals surface area contributed by atoms with Crippen molar-refractivity contribution in [2.75, 3.05) is 5.32 Å². The second kappa shape index (κ2) is 4.14. The van der Waals surface area contributed by atoms with Crippen LogP contribution in [0.2, 0.25) is 0 Å². The topological polar surface area (TPSA) is 57.8 Å². The van der Waals surface area contributed by atoms with Gasteiger partial charge in [0.05, 0.1) is 17.4 Å². The number of aromatic amines is 1. The van der Waals surface area contributed by atoms with Crippen molar-refractivity contribution in [2.24, 2.45) is 0 Å². The lowest BCUT2D eigenvalue weighted by atomic mass is 10.1. The van der Waals surface area contributed by atoms with Gasteiger partial charge in [-0.25, -0.2) is 4.39 Å². The third-order valence-corrected chi connectivity index (χ3v) is 2.13. The lowest BCUT2D eigenvalue weighted by Crippen LogP contribution is -2.13. The molecule has 1 aromatic heterocycles. The number of carbonyl (C=O) groups is 1. The molecule has 0 bridgehead atoms. The molecule has 0 fully saturated rings. The van der Waals surface area contributed by atoms with Crippen molar-refractivity contribution in [3.8, 4) is 0 Å². The van der Waals surface area contributed by atoms with E-state index in [-0.39, 0.29) is 5.56 Å². The molecule has 0 aliphatic rings. The highest BCUT2D eigenvalue weighted by Gasteiger charge is 2.11. The van der Waals surface area contributed by atoms with Gasteiger partial charge in [0.2, 0.25) is 0 Å². The molecule has 82 valence electrons. The maximum Gasteiger partial charge on any atom is 0.258 e. The summed E-state index contributed by atoms with van der Waals surface area (Å²) in [6.07, 6.45) is 2.97. The molecule has 0 unspecified atom stereocenters. The molecule has 0 radical (unpaired) electrons. The summed E-state index contributed by atoms with van der Waals surface area (Å²) in [4.78, 5) is 11.7. The number of amides is 1.